The summed E-state index contributed by atoms with van der Waals surface area (Å²) in [5.74, 6) is -2.29. The molecule has 0 spiro atoms. The van der Waals surface area contributed by atoms with E-state index < -0.39 is 29.5 Å². The molecule has 1 unspecified atom stereocenters. The van der Waals surface area contributed by atoms with Crippen LogP contribution in [0.5, 0.6) is 0 Å². The molecule has 0 radical (unpaired) electrons. The third-order valence-electron chi connectivity index (χ3n) is 6.25. The lowest BCUT2D eigenvalue weighted by Gasteiger charge is -2.35. The lowest BCUT2D eigenvalue weighted by Crippen LogP contribution is -2.46. The minimum absolute atomic E-state index is 0.0996. The van der Waals surface area contributed by atoms with Crippen molar-refractivity contribution in [3.63, 3.8) is 0 Å². The lowest BCUT2D eigenvalue weighted by atomic mass is 9.92. The molecule has 1 aliphatic rings. The second kappa shape index (κ2) is 8.99. The number of nitrogens with one attached hydrogen (secondary N) is 1. The van der Waals surface area contributed by atoms with Gasteiger partial charge in [-0.1, -0.05) is 35.5 Å². The summed E-state index contributed by atoms with van der Waals surface area (Å²) >= 11 is 0. The molecule has 6 nitrogen and oxygen atoms in total. The maximum Gasteiger partial charge on any atom is 0.327 e. The molecule has 0 aliphatic carbocycles. The largest absolute Gasteiger partial charge is 0.334 e. The predicted octanol–water partition coefficient (Wildman–Crippen LogP) is 6.47. The molecule has 0 saturated carbocycles. The van der Waals surface area contributed by atoms with Gasteiger partial charge in [0.05, 0.1) is 17.3 Å². The Morgan fingerprint density at radius 3 is 2.44 bits per heavy atom. The normalized spacial score (nSPS) is 15.9. The molecule has 0 saturated heterocycles. The quantitative estimate of drug-likeness (QED) is 0.356. The zero-order valence-electron chi connectivity index (χ0n) is 19.6. The number of carbonyl (C=O) groups excluding carboxylic acids is 1. The topological polar surface area (TPSA) is 71.3 Å². The Balaban J connectivity index is 1.68. The molecule has 1 N–H and O–H groups in total. The Morgan fingerprint density at radius 1 is 0.917 bits per heavy atom. The number of allylic oxidation sites excluding steroid dienone is 1. The van der Waals surface area contributed by atoms with E-state index in [1.165, 1.54) is 29.2 Å². The van der Waals surface area contributed by atoms with E-state index in [0.717, 1.165) is 28.8 Å². The fourth-order valence-corrected chi connectivity index (χ4v) is 4.23. The number of halogens is 3. The van der Waals surface area contributed by atoms with Gasteiger partial charge in [0.2, 0.25) is 5.82 Å². The molecule has 3 aromatic carbocycles. The molecule has 0 fully saturated rings. The number of benzene rings is 3. The van der Waals surface area contributed by atoms with E-state index in [1.807, 2.05) is 32.0 Å². The summed E-state index contributed by atoms with van der Waals surface area (Å²) < 4.78 is 47.0. The summed E-state index contributed by atoms with van der Waals surface area (Å²) in [6, 6.07) is 13.6. The van der Waals surface area contributed by atoms with Crippen molar-refractivity contribution < 1.29 is 22.5 Å². The van der Waals surface area contributed by atoms with Crippen LogP contribution < -0.4 is 10.2 Å². The monoisotopic (exact) mass is 490 g/mol. The van der Waals surface area contributed by atoms with E-state index in [0.29, 0.717) is 16.8 Å². The van der Waals surface area contributed by atoms with Gasteiger partial charge >= 0.3 is 6.03 Å². The minimum atomic E-state index is -1.09. The van der Waals surface area contributed by atoms with Gasteiger partial charge in [0, 0.05) is 17.3 Å². The number of anilines is 1. The number of urea groups is 1. The summed E-state index contributed by atoms with van der Waals surface area (Å²) in [5, 5.41) is 6.94. The molecular formula is C27H21F3N4O2. The lowest BCUT2D eigenvalue weighted by molar-refractivity contribution is 0.244. The van der Waals surface area contributed by atoms with E-state index in [4.69, 9.17) is 4.52 Å². The van der Waals surface area contributed by atoms with Crippen molar-refractivity contribution in [1.29, 1.82) is 0 Å². The highest BCUT2D eigenvalue weighted by Crippen LogP contribution is 2.39. The average molecular weight is 490 g/mol. The highest BCUT2D eigenvalue weighted by atomic mass is 19.2. The molecule has 1 aromatic heterocycles. The number of hydrogen-bond donors (Lipinski definition) is 1. The molecule has 4 aromatic rings. The molecule has 0 bridgehead atoms. The fraction of sp³-hybridized carbons (Fsp3) is 0.148. The molecule has 2 amide bonds. The third kappa shape index (κ3) is 4.13. The SMILES string of the molecule is CC1=C(c2nc(-c3cccc(F)c3)no2)C(c2ccc(C)c(C)c2)NC(=O)N1c1ccc(F)c(F)c1. The second-order valence-corrected chi connectivity index (χ2v) is 8.59. The first-order chi connectivity index (χ1) is 17.2. The van der Waals surface area contributed by atoms with Crippen LogP contribution in [0.3, 0.4) is 0 Å². The maximum atomic E-state index is 14.0. The van der Waals surface area contributed by atoms with Gasteiger partial charge in [-0.3, -0.25) is 4.90 Å². The number of nitrogens with zero attached hydrogens (tertiary/aromatic N) is 3. The van der Waals surface area contributed by atoms with Gasteiger partial charge in [-0.25, -0.2) is 18.0 Å². The summed E-state index contributed by atoms with van der Waals surface area (Å²) in [7, 11) is 0. The van der Waals surface area contributed by atoms with Crippen molar-refractivity contribution in [2.75, 3.05) is 4.90 Å². The van der Waals surface area contributed by atoms with Crippen molar-refractivity contribution in [3.05, 3.63) is 106 Å². The standard InChI is InChI=1S/C27H21F3N4O2/c1-14-7-8-17(11-15(14)2)24-23(26-32-25(33-36-26)18-5-4-6-19(28)12-18)16(3)34(27(35)31-24)20-9-10-21(29)22(30)13-20/h4-13,24H,1-3H3,(H,31,35). The number of aromatic nitrogens is 2. The van der Waals surface area contributed by atoms with Crippen LogP contribution in [0.1, 0.15) is 35.5 Å². The second-order valence-electron chi connectivity index (χ2n) is 8.59. The number of aryl methyl sites for hydroxylation is 2. The first kappa shape index (κ1) is 23.3. The van der Waals surface area contributed by atoms with Crippen molar-refractivity contribution in [1.82, 2.24) is 15.5 Å². The highest BCUT2D eigenvalue weighted by Gasteiger charge is 2.37. The van der Waals surface area contributed by atoms with Gasteiger partial charge in [-0.15, -0.1) is 0 Å². The van der Waals surface area contributed by atoms with E-state index in [2.05, 4.69) is 15.5 Å². The van der Waals surface area contributed by atoms with Crippen molar-refractivity contribution in [2.24, 2.45) is 0 Å². The van der Waals surface area contributed by atoms with Crippen LogP contribution >= 0.6 is 0 Å². The maximum absolute atomic E-state index is 14.0. The summed E-state index contributed by atoms with van der Waals surface area (Å²) in [5.41, 5.74) is 4.29. The third-order valence-corrected chi connectivity index (χ3v) is 6.25. The van der Waals surface area contributed by atoms with Crippen molar-refractivity contribution in [3.8, 4) is 11.4 Å². The van der Waals surface area contributed by atoms with Crippen LogP contribution in [0.25, 0.3) is 17.0 Å². The predicted molar refractivity (Wildman–Crippen MR) is 128 cm³/mol. The average Bonchev–Trinajstić information content (AvgIpc) is 3.32. The van der Waals surface area contributed by atoms with E-state index in [-0.39, 0.29) is 17.4 Å². The van der Waals surface area contributed by atoms with Crippen LogP contribution in [0.4, 0.5) is 23.7 Å². The van der Waals surface area contributed by atoms with Crippen molar-refractivity contribution >= 4 is 17.3 Å². The van der Waals surface area contributed by atoms with Gasteiger partial charge < -0.3 is 9.84 Å². The Hall–Kier alpha value is -4.40. The fourth-order valence-electron chi connectivity index (χ4n) is 4.23. The number of hydrogen-bond acceptors (Lipinski definition) is 4. The highest BCUT2D eigenvalue weighted by molar-refractivity contribution is 6.01. The summed E-state index contributed by atoms with van der Waals surface area (Å²) in [6.07, 6.45) is 0. The minimum Gasteiger partial charge on any atom is -0.334 e. The number of rotatable bonds is 4. The van der Waals surface area contributed by atoms with Crippen LogP contribution in [-0.4, -0.2) is 16.2 Å². The van der Waals surface area contributed by atoms with Gasteiger partial charge in [0.15, 0.2) is 11.6 Å². The Labute approximate surface area is 205 Å². The van der Waals surface area contributed by atoms with Crippen LogP contribution in [-0.2, 0) is 0 Å². The Morgan fingerprint density at radius 2 is 1.72 bits per heavy atom. The zero-order valence-corrected chi connectivity index (χ0v) is 19.6. The molecule has 2 heterocycles. The van der Waals surface area contributed by atoms with Crippen LogP contribution in [0.15, 0.2) is 70.9 Å². The van der Waals surface area contributed by atoms with Crippen LogP contribution in [0.2, 0.25) is 0 Å². The number of amides is 2. The van der Waals surface area contributed by atoms with Crippen molar-refractivity contribution in [2.45, 2.75) is 26.8 Å². The molecule has 36 heavy (non-hydrogen) atoms. The Kier molecular flexibility index (Phi) is 5.83. The van der Waals surface area contributed by atoms with Gasteiger partial charge in [-0.05, 0) is 61.7 Å². The van der Waals surface area contributed by atoms with Crippen LogP contribution in [0, 0.1) is 31.3 Å². The zero-order chi connectivity index (χ0) is 25.6. The van der Waals surface area contributed by atoms with Gasteiger partial charge in [0.1, 0.15) is 5.82 Å². The number of carbonyl (C=O) groups is 1. The van der Waals surface area contributed by atoms with E-state index in [9.17, 15) is 18.0 Å². The van der Waals surface area contributed by atoms with E-state index in [1.54, 1.807) is 13.0 Å². The Bertz CT molecular complexity index is 1530. The molecule has 1 atom stereocenters. The molecule has 1 aliphatic heterocycles. The molecule has 9 heteroatoms. The first-order valence-electron chi connectivity index (χ1n) is 11.2. The molecule has 182 valence electrons. The molecular weight excluding hydrogens is 469 g/mol. The summed E-state index contributed by atoms with van der Waals surface area (Å²) in [6.45, 7) is 5.60. The van der Waals surface area contributed by atoms with Gasteiger partial charge in [-0.2, -0.15) is 4.98 Å². The summed E-state index contributed by atoms with van der Waals surface area (Å²) in [4.78, 5) is 18.9. The smallest absolute Gasteiger partial charge is 0.327 e. The first-order valence-corrected chi connectivity index (χ1v) is 11.2. The van der Waals surface area contributed by atoms with Gasteiger partial charge in [0.25, 0.3) is 5.89 Å². The van der Waals surface area contributed by atoms with E-state index >= 15 is 0 Å². The molecule has 5 rings (SSSR count).